The Morgan fingerprint density at radius 2 is 2.20 bits per heavy atom. The quantitative estimate of drug-likeness (QED) is 0.856. The molecule has 1 N–H and O–H groups in total. The van der Waals surface area contributed by atoms with E-state index in [9.17, 15) is 13.6 Å². The molecule has 0 radical (unpaired) electrons. The number of hydrogen-bond acceptors (Lipinski definition) is 4. The zero-order chi connectivity index (χ0) is 14.7. The number of nitrogens with zero attached hydrogens (tertiary/aromatic N) is 1. The van der Waals surface area contributed by atoms with Crippen LogP contribution in [0.4, 0.5) is 8.78 Å². The van der Waals surface area contributed by atoms with Crippen molar-refractivity contribution in [1.29, 1.82) is 0 Å². The van der Waals surface area contributed by atoms with Crippen molar-refractivity contribution in [3.05, 3.63) is 46.0 Å². The Morgan fingerprint density at radius 1 is 1.45 bits per heavy atom. The van der Waals surface area contributed by atoms with Crippen LogP contribution in [0.15, 0.2) is 22.5 Å². The highest BCUT2D eigenvalue weighted by atomic mass is 32.2. The van der Waals surface area contributed by atoms with Crippen molar-refractivity contribution in [3.8, 4) is 0 Å². The smallest absolute Gasteiger partial charge is 0.308 e. The predicted octanol–water partition coefficient (Wildman–Crippen LogP) is 3.65. The summed E-state index contributed by atoms with van der Waals surface area (Å²) in [6.07, 6.45) is -0.0710. The van der Waals surface area contributed by atoms with Crippen LogP contribution in [0.3, 0.4) is 0 Å². The van der Waals surface area contributed by atoms with Crippen molar-refractivity contribution >= 4 is 29.1 Å². The molecule has 0 aliphatic rings. The fraction of sp³-hybridized carbons (Fsp3) is 0.231. The molecule has 106 valence electrons. The van der Waals surface area contributed by atoms with Gasteiger partial charge in [-0.25, -0.2) is 13.8 Å². The van der Waals surface area contributed by atoms with Crippen LogP contribution in [0.2, 0.25) is 0 Å². The summed E-state index contributed by atoms with van der Waals surface area (Å²) in [5.74, 6) is -2.38. The normalized spacial score (nSPS) is 10.8. The summed E-state index contributed by atoms with van der Waals surface area (Å²) >= 11 is 2.54. The SMILES string of the molecule is Cc1nc(SCc2cccc(F)c2F)sc1CC(=O)O. The van der Waals surface area contributed by atoms with E-state index >= 15 is 0 Å². The number of thioether (sulfide) groups is 1. The van der Waals surface area contributed by atoms with E-state index in [1.54, 1.807) is 6.92 Å². The highest BCUT2D eigenvalue weighted by molar-refractivity contribution is 8.00. The molecule has 0 bridgehead atoms. The molecule has 0 aliphatic carbocycles. The number of hydrogen-bond donors (Lipinski definition) is 1. The van der Waals surface area contributed by atoms with E-state index in [4.69, 9.17) is 5.11 Å². The van der Waals surface area contributed by atoms with Gasteiger partial charge in [0, 0.05) is 16.2 Å². The number of aromatic nitrogens is 1. The van der Waals surface area contributed by atoms with Gasteiger partial charge in [0.05, 0.1) is 12.1 Å². The van der Waals surface area contributed by atoms with Gasteiger partial charge in [-0.05, 0) is 13.0 Å². The van der Waals surface area contributed by atoms with Crippen LogP contribution >= 0.6 is 23.1 Å². The lowest BCUT2D eigenvalue weighted by atomic mass is 10.2. The van der Waals surface area contributed by atoms with Crippen LogP contribution in [-0.2, 0) is 17.0 Å². The van der Waals surface area contributed by atoms with E-state index < -0.39 is 17.6 Å². The van der Waals surface area contributed by atoms with Crippen molar-refractivity contribution in [2.75, 3.05) is 0 Å². The van der Waals surface area contributed by atoms with Gasteiger partial charge in [-0.15, -0.1) is 11.3 Å². The van der Waals surface area contributed by atoms with Crippen LogP contribution in [0.1, 0.15) is 16.1 Å². The highest BCUT2D eigenvalue weighted by Gasteiger charge is 2.13. The first-order valence-corrected chi connectivity index (χ1v) is 7.51. The summed E-state index contributed by atoms with van der Waals surface area (Å²) in [6.45, 7) is 1.74. The first kappa shape index (κ1) is 14.9. The van der Waals surface area contributed by atoms with Crippen molar-refractivity contribution in [1.82, 2.24) is 4.98 Å². The topological polar surface area (TPSA) is 50.2 Å². The van der Waals surface area contributed by atoms with Crippen molar-refractivity contribution in [2.24, 2.45) is 0 Å². The minimum atomic E-state index is -0.913. The lowest BCUT2D eigenvalue weighted by molar-refractivity contribution is -0.136. The highest BCUT2D eigenvalue weighted by Crippen LogP contribution is 2.30. The van der Waals surface area contributed by atoms with E-state index in [1.807, 2.05) is 0 Å². The van der Waals surface area contributed by atoms with Crippen LogP contribution in [-0.4, -0.2) is 16.1 Å². The third kappa shape index (κ3) is 3.55. The maximum atomic E-state index is 13.5. The standard InChI is InChI=1S/C13H11F2NO2S2/c1-7-10(5-11(17)18)20-13(16-7)19-6-8-3-2-4-9(14)12(8)15/h2-4H,5-6H2,1H3,(H,17,18). The maximum absolute atomic E-state index is 13.5. The van der Waals surface area contributed by atoms with E-state index in [-0.39, 0.29) is 17.7 Å². The second kappa shape index (κ2) is 6.32. The second-order valence-corrected chi connectivity index (χ2v) is 6.37. The van der Waals surface area contributed by atoms with Crippen LogP contribution < -0.4 is 0 Å². The lowest BCUT2D eigenvalue weighted by Gasteiger charge is -2.01. The Balaban J connectivity index is 2.07. The number of benzene rings is 1. The third-order valence-corrected chi connectivity index (χ3v) is 4.92. The third-order valence-electron chi connectivity index (χ3n) is 2.57. The van der Waals surface area contributed by atoms with E-state index in [0.717, 1.165) is 6.07 Å². The molecule has 0 fully saturated rings. The largest absolute Gasteiger partial charge is 0.481 e. The number of halogens is 2. The molecule has 0 aliphatic heterocycles. The van der Waals surface area contributed by atoms with E-state index in [0.29, 0.717) is 14.9 Å². The molecule has 2 aromatic rings. The molecular formula is C13H11F2NO2S2. The summed E-state index contributed by atoms with van der Waals surface area (Å²) in [4.78, 5) is 15.6. The van der Waals surface area contributed by atoms with Gasteiger partial charge in [-0.2, -0.15) is 0 Å². The van der Waals surface area contributed by atoms with Gasteiger partial charge >= 0.3 is 5.97 Å². The van der Waals surface area contributed by atoms with E-state index in [2.05, 4.69) is 4.98 Å². The average Bonchev–Trinajstić information content (AvgIpc) is 2.71. The van der Waals surface area contributed by atoms with Crippen molar-refractivity contribution in [3.63, 3.8) is 0 Å². The molecule has 0 spiro atoms. The average molecular weight is 315 g/mol. The van der Waals surface area contributed by atoms with Crippen molar-refractivity contribution < 1.29 is 18.7 Å². The molecule has 2 rings (SSSR count). The maximum Gasteiger partial charge on any atom is 0.308 e. The van der Waals surface area contributed by atoms with Gasteiger partial charge < -0.3 is 5.11 Å². The number of carboxylic acid groups (broad SMARTS) is 1. The fourth-order valence-corrected chi connectivity index (χ4v) is 3.76. The molecule has 7 heteroatoms. The first-order chi connectivity index (χ1) is 9.47. The van der Waals surface area contributed by atoms with Gasteiger partial charge in [0.2, 0.25) is 0 Å². The number of rotatable bonds is 5. The summed E-state index contributed by atoms with van der Waals surface area (Å²) in [5, 5.41) is 8.76. The molecule has 3 nitrogen and oxygen atoms in total. The Hall–Kier alpha value is -1.47. The molecule has 0 saturated carbocycles. The summed E-state index contributed by atoms with van der Waals surface area (Å²) < 4.78 is 27.2. The Labute approximate surface area is 122 Å². The van der Waals surface area contributed by atoms with Crippen LogP contribution in [0.5, 0.6) is 0 Å². The Bertz CT molecular complexity index is 643. The van der Waals surface area contributed by atoms with Crippen LogP contribution in [0, 0.1) is 18.6 Å². The minimum Gasteiger partial charge on any atom is -0.481 e. The molecule has 1 aromatic carbocycles. The summed E-state index contributed by atoms with van der Waals surface area (Å²) in [5.41, 5.74) is 0.933. The Morgan fingerprint density at radius 3 is 2.90 bits per heavy atom. The van der Waals surface area contributed by atoms with Crippen LogP contribution in [0.25, 0.3) is 0 Å². The number of aryl methyl sites for hydroxylation is 1. The molecule has 0 amide bonds. The molecule has 1 aromatic heterocycles. The van der Waals surface area contributed by atoms with Gasteiger partial charge in [-0.3, -0.25) is 4.79 Å². The first-order valence-electron chi connectivity index (χ1n) is 5.71. The fourth-order valence-electron chi connectivity index (χ4n) is 1.56. The van der Waals surface area contributed by atoms with Gasteiger partial charge in [-0.1, -0.05) is 23.9 Å². The van der Waals surface area contributed by atoms with Crippen molar-refractivity contribution in [2.45, 2.75) is 23.4 Å². The zero-order valence-electron chi connectivity index (χ0n) is 10.5. The molecule has 1 heterocycles. The Kier molecular flexibility index (Phi) is 4.72. The molecule has 20 heavy (non-hydrogen) atoms. The molecular weight excluding hydrogens is 304 g/mol. The zero-order valence-corrected chi connectivity index (χ0v) is 12.2. The molecule has 0 atom stereocenters. The van der Waals surface area contributed by atoms with E-state index in [1.165, 1.54) is 35.2 Å². The summed E-state index contributed by atoms with van der Waals surface area (Å²) in [7, 11) is 0. The van der Waals surface area contributed by atoms with Gasteiger partial charge in [0.25, 0.3) is 0 Å². The lowest BCUT2D eigenvalue weighted by Crippen LogP contribution is -1.99. The second-order valence-electron chi connectivity index (χ2n) is 4.06. The number of carboxylic acids is 1. The molecule has 0 saturated heterocycles. The number of carbonyl (C=O) groups is 1. The number of thiazole rings is 1. The minimum absolute atomic E-state index is 0.0710. The predicted molar refractivity (Wildman–Crippen MR) is 74.1 cm³/mol. The van der Waals surface area contributed by atoms with Gasteiger partial charge in [0.1, 0.15) is 0 Å². The monoisotopic (exact) mass is 315 g/mol. The van der Waals surface area contributed by atoms with Gasteiger partial charge in [0.15, 0.2) is 16.0 Å². The summed E-state index contributed by atoms with van der Waals surface area (Å²) in [6, 6.07) is 4.04. The number of aliphatic carboxylic acids is 1. The molecule has 0 unspecified atom stereocenters.